The SMILES string of the molecule is C#C/C=C\CC(C)F. The lowest BCUT2D eigenvalue weighted by atomic mass is 10.3. The van der Waals surface area contributed by atoms with Gasteiger partial charge in [-0.25, -0.2) is 4.39 Å². The molecular weight excluding hydrogens is 103 g/mol. The van der Waals surface area contributed by atoms with Crippen molar-refractivity contribution in [3.05, 3.63) is 12.2 Å². The number of halogens is 1. The van der Waals surface area contributed by atoms with Crippen molar-refractivity contribution in [3.8, 4) is 12.3 Å². The normalized spacial score (nSPS) is 13.6. The van der Waals surface area contributed by atoms with Gasteiger partial charge < -0.3 is 0 Å². The van der Waals surface area contributed by atoms with Crippen molar-refractivity contribution in [3.63, 3.8) is 0 Å². The van der Waals surface area contributed by atoms with Crippen LogP contribution in [0.5, 0.6) is 0 Å². The van der Waals surface area contributed by atoms with Crippen molar-refractivity contribution < 1.29 is 4.39 Å². The van der Waals surface area contributed by atoms with Crippen molar-refractivity contribution in [2.24, 2.45) is 0 Å². The molecule has 0 bridgehead atoms. The molecule has 0 N–H and O–H groups in total. The number of hydrogen-bond acceptors (Lipinski definition) is 0. The highest BCUT2D eigenvalue weighted by atomic mass is 19.1. The summed E-state index contributed by atoms with van der Waals surface area (Å²) in [4.78, 5) is 0. The van der Waals surface area contributed by atoms with Crippen molar-refractivity contribution in [2.75, 3.05) is 0 Å². The minimum absolute atomic E-state index is 0.421. The van der Waals surface area contributed by atoms with E-state index >= 15 is 0 Å². The fourth-order valence-corrected chi connectivity index (χ4v) is 0.324. The first-order chi connectivity index (χ1) is 3.77. The molecular formula is C7H9F. The van der Waals surface area contributed by atoms with Gasteiger partial charge in [0.15, 0.2) is 0 Å². The van der Waals surface area contributed by atoms with Gasteiger partial charge in [0, 0.05) is 0 Å². The molecule has 1 atom stereocenters. The van der Waals surface area contributed by atoms with Crippen LogP contribution in [0, 0.1) is 12.3 Å². The Morgan fingerprint density at radius 2 is 2.50 bits per heavy atom. The van der Waals surface area contributed by atoms with Gasteiger partial charge in [-0.3, -0.25) is 0 Å². The number of rotatable bonds is 2. The topological polar surface area (TPSA) is 0 Å². The Kier molecular flexibility index (Phi) is 3.97. The Hall–Kier alpha value is -0.770. The number of terminal acetylenes is 1. The van der Waals surface area contributed by atoms with Gasteiger partial charge in [-0.2, -0.15) is 0 Å². The summed E-state index contributed by atoms with van der Waals surface area (Å²) in [6.07, 6.45) is 7.65. The van der Waals surface area contributed by atoms with Crippen LogP contribution in [-0.2, 0) is 0 Å². The van der Waals surface area contributed by atoms with E-state index in [9.17, 15) is 4.39 Å². The number of allylic oxidation sites excluding steroid dienone is 2. The minimum atomic E-state index is -0.778. The zero-order valence-corrected chi connectivity index (χ0v) is 4.89. The van der Waals surface area contributed by atoms with E-state index in [1.807, 2.05) is 0 Å². The molecule has 44 valence electrons. The molecule has 1 unspecified atom stereocenters. The monoisotopic (exact) mass is 112 g/mol. The summed E-state index contributed by atoms with van der Waals surface area (Å²) in [5.41, 5.74) is 0. The number of alkyl halides is 1. The summed E-state index contributed by atoms with van der Waals surface area (Å²) in [6.45, 7) is 1.50. The van der Waals surface area contributed by atoms with Gasteiger partial charge in [0.05, 0.1) is 0 Å². The van der Waals surface area contributed by atoms with E-state index in [4.69, 9.17) is 6.42 Å². The summed E-state index contributed by atoms with van der Waals surface area (Å²) in [6, 6.07) is 0. The zero-order valence-electron chi connectivity index (χ0n) is 4.89. The van der Waals surface area contributed by atoms with E-state index in [2.05, 4.69) is 5.92 Å². The van der Waals surface area contributed by atoms with E-state index in [0.717, 1.165) is 0 Å². The third-order valence-electron chi connectivity index (χ3n) is 0.675. The van der Waals surface area contributed by atoms with Gasteiger partial charge >= 0.3 is 0 Å². The first-order valence-corrected chi connectivity index (χ1v) is 2.52. The Morgan fingerprint density at radius 3 is 2.88 bits per heavy atom. The fraction of sp³-hybridized carbons (Fsp3) is 0.429. The molecule has 0 radical (unpaired) electrons. The standard InChI is InChI=1S/C7H9F/c1-3-4-5-6-7(2)8/h1,4-5,7H,6H2,2H3/b5-4-. The fourth-order valence-electron chi connectivity index (χ4n) is 0.324. The Labute approximate surface area is 49.4 Å². The molecule has 1 heteroatoms. The lowest BCUT2D eigenvalue weighted by molar-refractivity contribution is 0.365. The molecule has 0 aliphatic rings. The van der Waals surface area contributed by atoms with E-state index in [-0.39, 0.29) is 0 Å². The van der Waals surface area contributed by atoms with Crippen LogP contribution < -0.4 is 0 Å². The average Bonchev–Trinajstić information content (AvgIpc) is 1.66. The summed E-state index contributed by atoms with van der Waals surface area (Å²) >= 11 is 0. The average molecular weight is 112 g/mol. The molecule has 0 aromatic heterocycles. The molecule has 0 saturated carbocycles. The van der Waals surface area contributed by atoms with Crippen LogP contribution in [0.1, 0.15) is 13.3 Å². The lowest BCUT2D eigenvalue weighted by Gasteiger charge is -1.89. The van der Waals surface area contributed by atoms with Crippen molar-refractivity contribution in [1.82, 2.24) is 0 Å². The van der Waals surface area contributed by atoms with Crippen LogP contribution in [0.15, 0.2) is 12.2 Å². The molecule has 0 aromatic carbocycles. The van der Waals surface area contributed by atoms with Gasteiger partial charge in [0.25, 0.3) is 0 Å². The Bertz CT molecular complexity index is 106. The molecule has 8 heavy (non-hydrogen) atoms. The highest BCUT2D eigenvalue weighted by Gasteiger charge is 1.89. The highest BCUT2D eigenvalue weighted by molar-refractivity contribution is 5.08. The molecule has 0 nitrogen and oxygen atoms in total. The molecule has 0 aromatic rings. The van der Waals surface area contributed by atoms with Gasteiger partial charge in [0.1, 0.15) is 6.17 Å². The van der Waals surface area contributed by atoms with Crippen LogP contribution in [-0.4, -0.2) is 6.17 Å². The maximum absolute atomic E-state index is 11.9. The molecule has 0 amide bonds. The number of hydrogen-bond donors (Lipinski definition) is 0. The second-order valence-electron chi connectivity index (χ2n) is 1.59. The summed E-state index contributed by atoms with van der Waals surface area (Å²) < 4.78 is 11.9. The second-order valence-corrected chi connectivity index (χ2v) is 1.59. The quantitative estimate of drug-likeness (QED) is 0.479. The molecule has 0 spiro atoms. The first kappa shape index (κ1) is 7.23. The predicted octanol–water partition coefficient (Wildman–Crippen LogP) is 1.92. The maximum Gasteiger partial charge on any atom is 0.101 e. The van der Waals surface area contributed by atoms with Crippen molar-refractivity contribution in [2.45, 2.75) is 19.5 Å². The molecule has 0 rings (SSSR count). The van der Waals surface area contributed by atoms with Gasteiger partial charge in [-0.05, 0) is 19.4 Å². The third-order valence-corrected chi connectivity index (χ3v) is 0.675. The molecule has 0 fully saturated rings. The third kappa shape index (κ3) is 5.23. The Morgan fingerprint density at radius 1 is 1.88 bits per heavy atom. The van der Waals surface area contributed by atoms with Crippen LogP contribution >= 0.6 is 0 Å². The predicted molar refractivity (Wildman–Crippen MR) is 33.2 cm³/mol. The van der Waals surface area contributed by atoms with E-state index in [1.54, 1.807) is 6.08 Å². The highest BCUT2D eigenvalue weighted by Crippen LogP contribution is 1.95. The van der Waals surface area contributed by atoms with Gasteiger partial charge in [-0.15, -0.1) is 6.42 Å². The van der Waals surface area contributed by atoms with E-state index < -0.39 is 6.17 Å². The van der Waals surface area contributed by atoms with Crippen LogP contribution in [0.4, 0.5) is 4.39 Å². The zero-order chi connectivity index (χ0) is 6.41. The maximum atomic E-state index is 11.9. The van der Waals surface area contributed by atoms with Gasteiger partial charge in [-0.1, -0.05) is 12.0 Å². The molecule has 0 aliphatic carbocycles. The summed E-state index contributed by atoms with van der Waals surface area (Å²) in [5, 5.41) is 0. The lowest BCUT2D eigenvalue weighted by Crippen LogP contribution is -1.86. The molecule has 0 heterocycles. The molecule has 0 saturated heterocycles. The minimum Gasteiger partial charge on any atom is -0.247 e. The van der Waals surface area contributed by atoms with Crippen LogP contribution in [0.3, 0.4) is 0 Å². The largest absolute Gasteiger partial charge is 0.247 e. The van der Waals surface area contributed by atoms with E-state index in [1.165, 1.54) is 13.0 Å². The first-order valence-electron chi connectivity index (χ1n) is 2.52. The second kappa shape index (κ2) is 4.39. The summed E-state index contributed by atoms with van der Waals surface area (Å²) in [5.74, 6) is 2.28. The smallest absolute Gasteiger partial charge is 0.101 e. The van der Waals surface area contributed by atoms with Gasteiger partial charge in [0.2, 0.25) is 0 Å². The van der Waals surface area contributed by atoms with Crippen molar-refractivity contribution in [1.29, 1.82) is 0 Å². The van der Waals surface area contributed by atoms with Crippen LogP contribution in [0.25, 0.3) is 0 Å². The Balaban J connectivity index is 3.19. The van der Waals surface area contributed by atoms with Crippen LogP contribution in [0.2, 0.25) is 0 Å². The molecule has 0 aliphatic heterocycles. The summed E-state index contributed by atoms with van der Waals surface area (Å²) in [7, 11) is 0. The van der Waals surface area contributed by atoms with Crippen molar-refractivity contribution >= 4 is 0 Å². The van der Waals surface area contributed by atoms with E-state index in [0.29, 0.717) is 6.42 Å².